The lowest BCUT2D eigenvalue weighted by molar-refractivity contribution is 0.171. The molecule has 1 heterocycles. The molecule has 6 heteroatoms. The average Bonchev–Trinajstić information content (AvgIpc) is 2.53. The van der Waals surface area contributed by atoms with E-state index in [4.69, 9.17) is 19.9 Å². The van der Waals surface area contributed by atoms with Gasteiger partial charge in [-0.1, -0.05) is 19.9 Å². The van der Waals surface area contributed by atoms with Crippen LogP contribution in [0.5, 0.6) is 11.5 Å². The Morgan fingerprint density at radius 2 is 2.04 bits per heavy atom. The molecule has 0 aromatic heterocycles. The van der Waals surface area contributed by atoms with Gasteiger partial charge in [0.1, 0.15) is 13.2 Å². The lowest BCUT2D eigenvalue weighted by atomic mass is 9.84. The van der Waals surface area contributed by atoms with Gasteiger partial charge in [0.25, 0.3) is 0 Å². The monoisotopic (exact) mass is 321 g/mol. The zero-order chi connectivity index (χ0) is 16.9. The van der Waals surface area contributed by atoms with E-state index in [0.717, 1.165) is 17.1 Å². The van der Waals surface area contributed by atoms with Crippen LogP contribution in [0.4, 0.5) is 0 Å². The van der Waals surface area contributed by atoms with E-state index in [1.807, 2.05) is 19.1 Å². The van der Waals surface area contributed by atoms with Crippen LogP contribution in [0.1, 0.15) is 26.3 Å². The number of ether oxygens (including phenoxy) is 3. The summed E-state index contributed by atoms with van der Waals surface area (Å²) < 4.78 is 16.3. The van der Waals surface area contributed by atoms with Gasteiger partial charge in [-0.2, -0.15) is 0 Å². The Labute approximate surface area is 138 Å². The number of hydrogen-bond donors (Lipinski definition) is 2. The van der Waals surface area contributed by atoms with Crippen molar-refractivity contribution in [3.63, 3.8) is 0 Å². The average molecular weight is 321 g/mol. The third kappa shape index (κ3) is 4.76. The van der Waals surface area contributed by atoms with Crippen molar-refractivity contribution in [3.8, 4) is 11.5 Å². The number of aliphatic imine (C=N–C) groups is 1. The summed E-state index contributed by atoms with van der Waals surface area (Å²) in [6, 6.07) is 6.17. The predicted molar refractivity (Wildman–Crippen MR) is 91.4 cm³/mol. The summed E-state index contributed by atoms with van der Waals surface area (Å²) in [5, 5.41) is 3.11. The molecule has 3 N–H and O–H groups in total. The molecular formula is C17H27N3O3. The minimum atomic E-state index is -0.160. The molecule has 0 bridgehead atoms. The van der Waals surface area contributed by atoms with Crippen LogP contribution in [0.2, 0.25) is 0 Å². The summed E-state index contributed by atoms with van der Waals surface area (Å²) in [6.45, 7) is 8.61. The first-order chi connectivity index (χ1) is 10.9. The maximum absolute atomic E-state index is 5.94. The second-order valence-electron chi connectivity index (χ2n) is 6.44. The van der Waals surface area contributed by atoms with E-state index >= 15 is 0 Å². The highest BCUT2D eigenvalue weighted by Gasteiger charge is 2.23. The largest absolute Gasteiger partial charge is 0.486 e. The summed E-state index contributed by atoms with van der Waals surface area (Å²) in [6.07, 6.45) is 0. The summed E-state index contributed by atoms with van der Waals surface area (Å²) >= 11 is 0. The predicted octanol–water partition coefficient (Wildman–Crippen LogP) is 1.67. The Kier molecular flexibility index (Phi) is 5.71. The van der Waals surface area contributed by atoms with Gasteiger partial charge >= 0.3 is 0 Å². The van der Waals surface area contributed by atoms with E-state index < -0.39 is 0 Å². The molecule has 0 spiro atoms. The topological polar surface area (TPSA) is 78.1 Å². The molecule has 6 nitrogen and oxygen atoms in total. The maximum atomic E-state index is 5.94. The highest BCUT2D eigenvalue weighted by molar-refractivity contribution is 5.78. The third-order valence-corrected chi connectivity index (χ3v) is 3.78. The van der Waals surface area contributed by atoms with Crippen LogP contribution >= 0.6 is 0 Å². The molecule has 0 aliphatic carbocycles. The summed E-state index contributed by atoms with van der Waals surface area (Å²) in [5.74, 6) is 2.03. The quantitative estimate of drug-likeness (QED) is 0.615. The van der Waals surface area contributed by atoms with Gasteiger partial charge in [0.05, 0.1) is 13.2 Å². The second kappa shape index (κ2) is 7.55. The van der Waals surface area contributed by atoms with Crippen molar-refractivity contribution in [2.75, 3.05) is 33.5 Å². The van der Waals surface area contributed by atoms with Crippen LogP contribution in [-0.4, -0.2) is 45.5 Å². The van der Waals surface area contributed by atoms with Crippen molar-refractivity contribution < 1.29 is 14.2 Å². The first-order valence-corrected chi connectivity index (χ1v) is 7.88. The van der Waals surface area contributed by atoms with Crippen LogP contribution in [0, 0.1) is 0 Å². The van der Waals surface area contributed by atoms with Gasteiger partial charge in [0.2, 0.25) is 0 Å². The lowest BCUT2D eigenvalue weighted by Gasteiger charge is -2.26. The van der Waals surface area contributed by atoms with E-state index in [1.54, 1.807) is 7.11 Å². The van der Waals surface area contributed by atoms with Gasteiger partial charge in [0, 0.05) is 18.6 Å². The van der Waals surface area contributed by atoms with E-state index in [1.165, 1.54) is 0 Å². The van der Waals surface area contributed by atoms with Crippen molar-refractivity contribution in [1.29, 1.82) is 0 Å². The zero-order valence-corrected chi connectivity index (χ0v) is 14.4. The van der Waals surface area contributed by atoms with Crippen LogP contribution in [0.3, 0.4) is 0 Å². The molecule has 0 amide bonds. The maximum Gasteiger partial charge on any atom is 0.188 e. The lowest BCUT2D eigenvalue weighted by Crippen LogP contribution is -2.41. The molecule has 2 rings (SSSR count). The van der Waals surface area contributed by atoms with E-state index in [2.05, 4.69) is 30.2 Å². The van der Waals surface area contributed by atoms with Crippen molar-refractivity contribution in [1.82, 2.24) is 5.32 Å². The van der Waals surface area contributed by atoms with Crippen LogP contribution in [-0.2, 0) is 10.2 Å². The summed E-state index contributed by atoms with van der Waals surface area (Å²) in [4.78, 5) is 4.46. The van der Waals surface area contributed by atoms with Gasteiger partial charge in [-0.25, -0.2) is 0 Å². The number of methoxy groups -OCH3 is 1. The first kappa shape index (κ1) is 17.4. The van der Waals surface area contributed by atoms with Crippen molar-refractivity contribution >= 4 is 5.96 Å². The number of hydrogen-bond acceptors (Lipinski definition) is 4. The van der Waals surface area contributed by atoms with Gasteiger partial charge in [-0.15, -0.1) is 0 Å². The molecule has 0 radical (unpaired) electrons. The Morgan fingerprint density at radius 1 is 1.35 bits per heavy atom. The number of nitrogens with zero attached hydrogens (tertiary/aromatic N) is 1. The minimum Gasteiger partial charge on any atom is -0.486 e. The molecule has 0 saturated carbocycles. The molecule has 128 valence electrons. The smallest absolute Gasteiger partial charge is 0.188 e. The highest BCUT2D eigenvalue weighted by atomic mass is 16.6. The van der Waals surface area contributed by atoms with Crippen LogP contribution in [0.15, 0.2) is 23.2 Å². The normalized spacial score (nSPS) is 16.1. The zero-order valence-electron chi connectivity index (χ0n) is 14.4. The first-order valence-electron chi connectivity index (χ1n) is 7.88. The fourth-order valence-electron chi connectivity index (χ4n) is 2.43. The molecule has 23 heavy (non-hydrogen) atoms. The molecule has 0 fully saturated rings. The number of fused-ring (bicyclic) bond motifs is 1. The van der Waals surface area contributed by atoms with Gasteiger partial charge in [-0.05, 0) is 24.6 Å². The number of rotatable bonds is 6. The van der Waals surface area contributed by atoms with Gasteiger partial charge in [0.15, 0.2) is 17.5 Å². The van der Waals surface area contributed by atoms with Crippen LogP contribution < -0.4 is 20.5 Å². The minimum absolute atomic E-state index is 0.126. The fourth-order valence-corrected chi connectivity index (χ4v) is 2.43. The summed E-state index contributed by atoms with van der Waals surface area (Å²) in [5.41, 5.74) is 6.92. The van der Waals surface area contributed by atoms with Gasteiger partial charge in [-0.3, -0.25) is 4.99 Å². The number of benzene rings is 1. The van der Waals surface area contributed by atoms with Crippen molar-refractivity contribution in [3.05, 3.63) is 23.8 Å². The SMILES string of the molecule is COCC(C)NC(N)=NCC(C)(C)c1ccc2c(c1)OCCO2. The molecule has 1 aliphatic rings. The van der Waals surface area contributed by atoms with Crippen molar-refractivity contribution in [2.24, 2.45) is 10.7 Å². The van der Waals surface area contributed by atoms with E-state index in [0.29, 0.717) is 32.3 Å². The number of nitrogens with two attached hydrogens (primary N) is 1. The highest BCUT2D eigenvalue weighted by Crippen LogP contribution is 2.35. The van der Waals surface area contributed by atoms with Crippen LogP contribution in [0.25, 0.3) is 0 Å². The molecule has 1 unspecified atom stereocenters. The van der Waals surface area contributed by atoms with Gasteiger partial charge < -0.3 is 25.3 Å². The molecule has 1 aromatic carbocycles. The second-order valence-corrected chi connectivity index (χ2v) is 6.44. The van der Waals surface area contributed by atoms with E-state index in [9.17, 15) is 0 Å². The number of guanidine groups is 1. The Bertz CT molecular complexity index is 558. The Balaban J connectivity index is 2.03. The molecule has 1 aromatic rings. The van der Waals surface area contributed by atoms with Crippen molar-refractivity contribution in [2.45, 2.75) is 32.2 Å². The standard InChI is InChI=1S/C17H27N3O3/c1-12(10-21-4)20-16(18)19-11-17(2,3)13-5-6-14-15(9-13)23-8-7-22-14/h5-6,9,12H,7-8,10-11H2,1-4H3,(H3,18,19,20). The van der Waals surface area contributed by atoms with E-state index in [-0.39, 0.29) is 11.5 Å². The summed E-state index contributed by atoms with van der Waals surface area (Å²) in [7, 11) is 1.66. The molecule has 0 saturated heterocycles. The molecule has 1 aliphatic heterocycles. The number of nitrogens with one attached hydrogen (secondary N) is 1. The molecule has 1 atom stereocenters. The third-order valence-electron chi connectivity index (χ3n) is 3.78. The Morgan fingerprint density at radius 3 is 2.74 bits per heavy atom. The molecular weight excluding hydrogens is 294 g/mol. The fraction of sp³-hybridized carbons (Fsp3) is 0.588. The Hall–Kier alpha value is -1.95.